The fraction of sp³-hybridized carbons (Fsp3) is 0.600. The number of methoxy groups -OCH3 is 1. The predicted molar refractivity (Wildman–Crippen MR) is 112 cm³/mol. The number of thioether (sulfide) groups is 1. The van der Waals surface area contributed by atoms with Crippen molar-refractivity contribution in [1.29, 1.82) is 0 Å². The second kappa shape index (κ2) is 14.3. The largest absolute Gasteiger partial charge is 0.469 e. The van der Waals surface area contributed by atoms with Crippen LogP contribution < -0.4 is 10.6 Å². The van der Waals surface area contributed by atoms with Crippen LogP contribution in [-0.2, 0) is 21.8 Å². The van der Waals surface area contributed by atoms with Gasteiger partial charge in [-0.1, -0.05) is 18.9 Å². The molecule has 0 atom stereocenters. The Labute approximate surface area is 166 Å². The first-order valence-corrected chi connectivity index (χ1v) is 10.8. The molecule has 0 radical (unpaired) electrons. The molecule has 1 aromatic carbocycles. The molecule has 2 N–H and O–H groups in total. The molecule has 0 unspecified atom stereocenters. The number of rotatable bonds is 12. The number of benzene rings is 1. The molecule has 27 heavy (non-hydrogen) atoms. The van der Waals surface area contributed by atoms with Gasteiger partial charge in [0.05, 0.1) is 13.7 Å². The minimum Gasteiger partial charge on any atom is -0.469 e. The van der Waals surface area contributed by atoms with Crippen molar-refractivity contribution in [1.82, 2.24) is 10.6 Å². The van der Waals surface area contributed by atoms with E-state index in [4.69, 9.17) is 0 Å². The van der Waals surface area contributed by atoms with Gasteiger partial charge in [0.25, 0.3) is 0 Å². The zero-order valence-corrected chi connectivity index (χ0v) is 17.5. The summed E-state index contributed by atoms with van der Waals surface area (Å²) < 4.78 is 18.1. The van der Waals surface area contributed by atoms with E-state index >= 15 is 0 Å². The number of ether oxygens (including phenoxy) is 1. The van der Waals surface area contributed by atoms with Gasteiger partial charge in [-0.2, -0.15) is 11.8 Å². The van der Waals surface area contributed by atoms with Gasteiger partial charge < -0.3 is 15.4 Å². The van der Waals surface area contributed by atoms with E-state index < -0.39 is 0 Å². The van der Waals surface area contributed by atoms with E-state index in [2.05, 4.69) is 20.4 Å². The van der Waals surface area contributed by atoms with Crippen LogP contribution in [0.2, 0.25) is 0 Å². The van der Waals surface area contributed by atoms with Gasteiger partial charge in [-0.15, -0.1) is 0 Å². The van der Waals surface area contributed by atoms with Crippen molar-refractivity contribution in [2.45, 2.75) is 51.3 Å². The number of hydrogen-bond acceptors (Lipinski definition) is 4. The Morgan fingerprint density at radius 1 is 1.19 bits per heavy atom. The maximum absolute atomic E-state index is 13.5. The standard InChI is InChI=1S/C20H32FN3O2S/c1-4-22-20(23-12-8-6-5-7-9-19(25)26-2)24-14-16-10-11-18(21)13-17(16)15-27-3/h10-11,13H,4-9,12,14-15H2,1-3H3,(H2,22,23,24). The third kappa shape index (κ3) is 10.2. The van der Waals surface area contributed by atoms with Crippen LogP contribution in [0, 0.1) is 5.82 Å². The number of halogens is 1. The first kappa shape index (κ1) is 23.3. The Balaban J connectivity index is 2.43. The van der Waals surface area contributed by atoms with E-state index in [0.717, 1.165) is 61.6 Å². The number of esters is 1. The van der Waals surface area contributed by atoms with Crippen LogP contribution in [0.25, 0.3) is 0 Å². The van der Waals surface area contributed by atoms with Gasteiger partial charge in [-0.05, 0) is 49.3 Å². The van der Waals surface area contributed by atoms with E-state index in [1.165, 1.54) is 13.2 Å². The number of hydrogen-bond donors (Lipinski definition) is 2. The van der Waals surface area contributed by atoms with Crippen molar-refractivity contribution >= 4 is 23.7 Å². The number of carbonyl (C=O) groups excluding carboxylic acids is 1. The molecule has 0 saturated heterocycles. The molecule has 0 amide bonds. The molecule has 0 aliphatic carbocycles. The van der Waals surface area contributed by atoms with Crippen molar-refractivity contribution in [2.75, 3.05) is 26.5 Å². The van der Waals surface area contributed by atoms with Crippen LogP contribution in [0.3, 0.4) is 0 Å². The summed E-state index contributed by atoms with van der Waals surface area (Å²) in [4.78, 5) is 15.7. The van der Waals surface area contributed by atoms with Crippen molar-refractivity contribution in [3.63, 3.8) is 0 Å². The zero-order valence-electron chi connectivity index (χ0n) is 16.6. The summed E-state index contributed by atoms with van der Waals surface area (Å²) in [7, 11) is 1.42. The molecule has 7 heteroatoms. The van der Waals surface area contributed by atoms with E-state index in [0.29, 0.717) is 13.0 Å². The Bertz CT molecular complexity index is 597. The summed E-state index contributed by atoms with van der Waals surface area (Å²) in [6.07, 6.45) is 6.44. The van der Waals surface area contributed by atoms with Gasteiger partial charge in [0.15, 0.2) is 5.96 Å². The summed E-state index contributed by atoms with van der Waals surface area (Å²) in [5, 5.41) is 6.57. The zero-order chi connectivity index (χ0) is 19.9. The Morgan fingerprint density at radius 3 is 2.67 bits per heavy atom. The van der Waals surface area contributed by atoms with Gasteiger partial charge in [0.2, 0.25) is 0 Å². The number of unbranched alkanes of at least 4 members (excludes halogenated alkanes) is 3. The topological polar surface area (TPSA) is 62.7 Å². The third-order valence-corrected chi connectivity index (χ3v) is 4.65. The Hall–Kier alpha value is -1.76. The van der Waals surface area contributed by atoms with Crippen LogP contribution in [0.15, 0.2) is 23.2 Å². The first-order valence-electron chi connectivity index (χ1n) is 9.46. The minimum atomic E-state index is -0.205. The quantitative estimate of drug-likeness (QED) is 0.243. The highest BCUT2D eigenvalue weighted by atomic mass is 32.2. The highest BCUT2D eigenvalue weighted by Crippen LogP contribution is 2.17. The van der Waals surface area contributed by atoms with Crippen molar-refractivity contribution < 1.29 is 13.9 Å². The maximum Gasteiger partial charge on any atom is 0.305 e. The molecule has 0 aliphatic heterocycles. The third-order valence-electron chi connectivity index (χ3n) is 4.05. The van der Waals surface area contributed by atoms with Gasteiger partial charge in [0.1, 0.15) is 5.82 Å². The molecular formula is C20H32FN3O2S. The molecule has 1 rings (SSSR count). The van der Waals surface area contributed by atoms with Crippen molar-refractivity contribution in [2.24, 2.45) is 4.99 Å². The smallest absolute Gasteiger partial charge is 0.305 e. The normalized spacial score (nSPS) is 11.3. The summed E-state index contributed by atoms with van der Waals surface area (Å²) >= 11 is 1.67. The number of aliphatic imine (C=N–C) groups is 1. The van der Waals surface area contributed by atoms with Crippen LogP contribution in [-0.4, -0.2) is 38.4 Å². The van der Waals surface area contributed by atoms with Crippen molar-refractivity contribution in [3.05, 3.63) is 35.1 Å². The molecule has 0 aromatic heterocycles. The summed E-state index contributed by atoms with van der Waals surface area (Å²) in [5.41, 5.74) is 2.04. The van der Waals surface area contributed by atoms with Gasteiger partial charge >= 0.3 is 5.97 Å². The van der Waals surface area contributed by atoms with Crippen LogP contribution in [0.1, 0.15) is 50.2 Å². The number of nitrogens with zero attached hydrogens (tertiary/aromatic N) is 1. The molecule has 0 fully saturated rings. The molecular weight excluding hydrogens is 365 g/mol. The van der Waals surface area contributed by atoms with E-state index in [-0.39, 0.29) is 11.8 Å². The highest BCUT2D eigenvalue weighted by molar-refractivity contribution is 7.97. The van der Waals surface area contributed by atoms with E-state index in [1.807, 2.05) is 19.2 Å². The second-order valence-electron chi connectivity index (χ2n) is 6.21. The summed E-state index contributed by atoms with van der Waals surface area (Å²) in [6, 6.07) is 4.90. The molecule has 0 spiro atoms. The Morgan fingerprint density at radius 2 is 1.96 bits per heavy atom. The molecule has 0 bridgehead atoms. The molecule has 5 nitrogen and oxygen atoms in total. The fourth-order valence-corrected chi connectivity index (χ4v) is 3.18. The lowest BCUT2D eigenvalue weighted by Gasteiger charge is -2.12. The SMILES string of the molecule is CCNC(=NCc1ccc(F)cc1CSC)NCCCCCCC(=O)OC. The lowest BCUT2D eigenvalue weighted by Crippen LogP contribution is -2.37. The maximum atomic E-state index is 13.5. The van der Waals surface area contributed by atoms with Crippen LogP contribution >= 0.6 is 11.8 Å². The monoisotopic (exact) mass is 397 g/mol. The molecule has 1 aromatic rings. The number of nitrogens with one attached hydrogen (secondary N) is 2. The number of guanidine groups is 1. The molecule has 152 valence electrons. The second-order valence-corrected chi connectivity index (χ2v) is 7.07. The summed E-state index contributed by atoms with van der Waals surface area (Å²) in [5.74, 6) is 1.20. The highest BCUT2D eigenvalue weighted by Gasteiger charge is 2.05. The van der Waals surface area contributed by atoms with Gasteiger partial charge in [0, 0.05) is 25.3 Å². The fourth-order valence-electron chi connectivity index (χ4n) is 2.60. The first-order chi connectivity index (χ1) is 13.1. The molecule has 0 saturated carbocycles. The minimum absolute atomic E-state index is 0.142. The average molecular weight is 398 g/mol. The molecule has 0 heterocycles. The lowest BCUT2D eigenvalue weighted by molar-refractivity contribution is -0.140. The van der Waals surface area contributed by atoms with E-state index in [9.17, 15) is 9.18 Å². The van der Waals surface area contributed by atoms with Gasteiger partial charge in [-0.25, -0.2) is 9.38 Å². The predicted octanol–water partition coefficient (Wildman–Crippen LogP) is 3.87. The summed E-state index contributed by atoms with van der Waals surface area (Å²) in [6.45, 7) is 4.16. The van der Waals surface area contributed by atoms with E-state index in [1.54, 1.807) is 17.8 Å². The molecule has 0 aliphatic rings. The average Bonchev–Trinajstić information content (AvgIpc) is 2.66. The van der Waals surface area contributed by atoms with Crippen molar-refractivity contribution in [3.8, 4) is 0 Å². The Kier molecular flexibility index (Phi) is 12.3. The van der Waals surface area contributed by atoms with Gasteiger partial charge in [-0.3, -0.25) is 4.79 Å². The van der Waals surface area contributed by atoms with Crippen LogP contribution in [0.4, 0.5) is 4.39 Å². The van der Waals surface area contributed by atoms with Crippen LogP contribution in [0.5, 0.6) is 0 Å². The number of carbonyl (C=O) groups is 1. The lowest BCUT2D eigenvalue weighted by atomic mass is 10.1.